The van der Waals surface area contributed by atoms with E-state index in [0.29, 0.717) is 131 Å². The molecule has 4 N–H and O–H groups in total. The van der Waals surface area contributed by atoms with E-state index in [1.165, 1.54) is 109 Å². The first kappa shape index (κ1) is 96.2. The number of carbonyl (C=O) groups is 8. The monoisotopic (exact) mass is 1860 g/mol. The summed E-state index contributed by atoms with van der Waals surface area (Å²) in [6.07, 6.45) is 15.1. The second kappa shape index (κ2) is 39.0. The molecule has 4 saturated carbocycles. The van der Waals surface area contributed by atoms with Crippen molar-refractivity contribution in [3.05, 3.63) is 247 Å². The molecule has 34 heteroatoms. The second-order valence-corrected chi connectivity index (χ2v) is 36.5. The first-order valence-electron chi connectivity index (χ1n) is 43.4. The summed E-state index contributed by atoms with van der Waals surface area (Å²) in [6.45, 7) is 44.6. The summed E-state index contributed by atoms with van der Waals surface area (Å²) in [4.78, 5) is 139. The van der Waals surface area contributed by atoms with Gasteiger partial charge in [-0.1, -0.05) is 104 Å². The van der Waals surface area contributed by atoms with E-state index in [-0.39, 0.29) is 89.8 Å². The molecular formula is C98H98F4N18O8S4. The van der Waals surface area contributed by atoms with Gasteiger partial charge in [-0.3, -0.25) is 58.0 Å². The molecule has 0 bridgehead atoms. The Morgan fingerprint density at radius 1 is 0.348 bits per heavy atom. The molecule has 4 spiro atoms. The number of aromatic nitrogens is 2. The molecule has 680 valence electrons. The first-order chi connectivity index (χ1) is 62.9. The molecule has 6 heterocycles. The third-order valence-corrected chi connectivity index (χ3v) is 27.7. The summed E-state index contributed by atoms with van der Waals surface area (Å²) in [5, 5.41) is 10.7. The van der Waals surface area contributed by atoms with E-state index in [1.807, 2.05) is 13.8 Å². The van der Waals surface area contributed by atoms with Crippen LogP contribution in [0.1, 0.15) is 194 Å². The lowest BCUT2D eigenvalue weighted by Crippen LogP contribution is -2.52. The van der Waals surface area contributed by atoms with Crippen molar-refractivity contribution >= 4 is 185 Å². The minimum atomic E-state index is -0.942. The van der Waals surface area contributed by atoms with Gasteiger partial charge in [0.15, 0.2) is 31.8 Å². The summed E-state index contributed by atoms with van der Waals surface area (Å²) in [5.41, 5.74) is 3.74. The van der Waals surface area contributed by atoms with Crippen molar-refractivity contribution in [3.8, 4) is 0 Å². The van der Waals surface area contributed by atoms with Crippen LogP contribution in [0.2, 0.25) is 0 Å². The maximum absolute atomic E-state index is 14.9. The van der Waals surface area contributed by atoms with Gasteiger partial charge in [0, 0.05) is 62.3 Å². The smallest absolute Gasteiger partial charge is 0.272 e. The van der Waals surface area contributed by atoms with Gasteiger partial charge in [-0.05, 0) is 283 Å². The van der Waals surface area contributed by atoms with Crippen LogP contribution in [0.5, 0.6) is 0 Å². The molecule has 8 amide bonds. The number of halogens is 4. The van der Waals surface area contributed by atoms with E-state index >= 15 is 0 Å². The van der Waals surface area contributed by atoms with Gasteiger partial charge in [0.2, 0.25) is 0 Å². The van der Waals surface area contributed by atoms with Crippen LogP contribution >= 0.6 is 48.9 Å². The molecule has 8 fully saturated rings. The van der Waals surface area contributed by atoms with Crippen LogP contribution in [0, 0.1) is 101 Å². The number of benzene rings is 6. The largest absolute Gasteiger partial charge is 0.360 e. The Morgan fingerprint density at radius 3 is 0.773 bits per heavy atom. The number of aryl methyl sites for hydroxylation is 4. The van der Waals surface area contributed by atoms with E-state index in [9.17, 15) is 55.9 Å². The van der Waals surface area contributed by atoms with Crippen LogP contribution in [-0.4, -0.2) is 128 Å². The van der Waals surface area contributed by atoms with E-state index < -0.39 is 69.1 Å². The van der Waals surface area contributed by atoms with Crippen LogP contribution in [0.3, 0.4) is 0 Å². The molecule has 4 aliphatic heterocycles. The summed E-state index contributed by atoms with van der Waals surface area (Å²) >= 11 is 23.2. The molecule has 2 aromatic heterocycles. The van der Waals surface area contributed by atoms with Crippen LogP contribution in [-0.2, 0) is 19.2 Å². The zero-order valence-corrected chi connectivity index (χ0v) is 78.3. The zero-order chi connectivity index (χ0) is 95.7. The number of nitrogens with zero attached hydrogens (tertiary/aromatic N) is 14. The molecule has 132 heavy (non-hydrogen) atoms. The Bertz CT molecular complexity index is 5580. The van der Waals surface area contributed by atoms with E-state index in [1.54, 1.807) is 106 Å². The van der Waals surface area contributed by atoms with Crippen LogP contribution < -0.4 is 60.5 Å². The van der Waals surface area contributed by atoms with Gasteiger partial charge in [0.05, 0.1) is 46.8 Å². The molecule has 8 aliphatic rings. The van der Waals surface area contributed by atoms with Gasteiger partial charge in [-0.2, -0.15) is 0 Å². The third kappa shape index (κ3) is 17.5. The fourth-order valence-electron chi connectivity index (χ4n) is 20.0. The Morgan fingerprint density at radius 2 is 0.576 bits per heavy atom. The normalized spacial score (nSPS) is 22.6. The molecule has 0 radical (unpaired) electrons. The van der Waals surface area contributed by atoms with Gasteiger partial charge < -0.3 is 50.6 Å². The van der Waals surface area contributed by atoms with Crippen molar-refractivity contribution in [2.24, 2.45) is 23.7 Å². The number of hydrogen-bond acceptors (Lipinski definition) is 14. The molecule has 4 aliphatic carbocycles. The molecule has 6 aromatic carbocycles. The van der Waals surface area contributed by atoms with Crippen molar-refractivity contribution < 1.29 is 55.9 Å². The average molecular weight is 1860 g/mol. The van der Waals surface area contributed by atoms with Gasteiger partial charge in [-0.25, -0.2) is 27.3 Å². The number of anilines is 8. The number of rotatable bonds is 12. The maximum atomic E-state index is 14.9. The summed E-state index contributed by atoms with van der Waals surface area (Å²) in [7, 11) is 5.77. The standard InChI is InChI=1S/2C25H25FN4O2S.2C24H24FN5O2S/c2*1-15-6-5-11-25(14-15)23(32)29(17-8-10-21(27-3)16(2)12-17)24(33)30(25)18-7-9-19(20(26)13-18)22(31)28-4;2*1-14-6-5-9-24(12-14)22(32)29(17-10-15(2)20(26-3)28-13-17)23(33)30(24)16-7-8-18(19(25)11-16)21(31)27-4/h2*7-10,12-13,15H,5-6,11,14H2,1-2,4H3,(H,28,31);2*7-8,10-11,13-14H,5-6,9,12H2,1-2,4H3,(H,27,31)/t15-,25?;;14-,24?;/m1.1./s1. The fraction of sp³-hybridized carbons (Fsp3) is 0.367. The molecule has 8 atom stereocenters. The van der Waals surface area contributed by atoms with Crippen molar-refractivity contribution in [2.45, 2.75) is 180 Å². The summed E-state index contributed by atoms with van der Waals surface area (Å²) < 4.78 is 59.6. The Balaban J connectivity index is 0.000000150. The number of carbonyl (C=O) groups excluding carboxylic acids is 8. The lowest BCUT2D eigenvalue weighted by atomic mass is 9.75. The van der Waals surface area contributed by atoms with E-state index in [2.05, 4.69) is 78.3 Å². The highest BCUT2D eigenvalue weighted by Crippen LogP contribution is 2.53. The van der Waals surface area contributed by atoms with Crippen molar-refractivity contribution in [1.29, 1.82) is 0 Å². The number of hydrogen-bond donors (Lipinski definition) is 4. The number of pyridine rings is 2. The number of amides is 8. The topological polar surface area (TPSA) is 254 Å². The van der Waals surface area contributed by atoms with Crippen LogP contribution in [0.15, 0.2) is 134 Å². The Labute approximate surface area is 785 Å². The van der Waals surface area contributed by atoms with Gasteiger partial charge in [0.25, 0.3) is 58.9 Å². The molecular weight excluding hydrogens is 1760 g/mol. The van der Waals surface area contributed by atoms with Crippen molar-refractivity contribution in [2.75, 3.05) is 67.4 Å². The average Bonchev–Trinajstić information content (AvgIpc) is 1.59. The van der Waals surface area contributed by atoms with Gasteiger partial charge in [-0.15, -0.1) is 9.97 Å². The predicted molar refractivity (Wildman–Crippen MR) is 516 cm³/mol. The van der Waals surface area contributed by atoms with Gasteiger partial charge >= 0.3 is 0 Å². The lowest BCUT2D eigenvalue weighted by Gasteiger charge is -2.41. The second-order valence-electron chi connectivity index (χ2n) is 35.0. The highest BCUT2D eigenvalue weighted by Gasteiger charge is 2.62. The zero-order valence-electron chi connectivity index (χ0n) is 75.0. The van der Waals surface area contributed by atoms with Crippen molar-refractivity contribution in [3.63, 3.8) is 0 Å². The predicted octanol–water partition coefficient (Wildman–Crippen LogP) is 19.3. The molecule has 8 aromatic rings. The SMILES string of the molecule is [C-]#[N+]c1ccc(N2C(=O)C3(CCCC(C)C3)N(c3ccc(C(=O)NC)c(F)c3)C2=S)cc1C.[C-]#[N+]c1ccc(N2C(=O)C3(CCC[C@@H](C)C3)N(c3ccc(C(=O)NC)c(F)c3)C2=S)cc1C.[C-]#[N+]c1ncc(N2C(=O)C3(CCCC(C)C3)N(c3ccc(C(=O)NC)c(F)c3)C2=S)cc1C.[C-]#[N+]c1ncc(N2C(=O)C3(CCC[C@@H](C)C3)N(c3ccc(C(=O)NC)c(F)c3)C2=S)cc1C. The summed E-state index contributed by atoms with van der Waals surface area (Å²) in [6, 6.07) is 31.2. The lowest BCUT2D eigenvalue weighted by molar-refractivity contribution is -0.123. The summed E-state index contributed by atoms with van der Waals surface area (Å²) in [5.74, 6) is -3.70. The quantitative estimate of drug-likeness (QED) is 0.0504. The van der Waals surface area contributed by atoms with Gasteiger partial charge in [0.1, 0.15) is 57.8 Å². The van der Waals surface area contributed by atoms with Crippen LogP contribution in [0.4, 0.5) is 86.1 Å². The Kier molecular flexibility index (Phi) is 28.4. The maximum Gasteiger partial charge on any atom is 0.272 e. The molecule has 26 nitrogen and oxygen atoms in total. The minimum Gasteiger partial charge on any atom is -0.360 e. The molecule has 16 rings (SSSR count). The number of thiocarbonyl (C=S) groups is 4. The molecule has 4 saturated heterocycles. The van der Waals surface area contributed by atoms with E-state index in [4.69, 9.17) is 75.2 Å². The third-order valence-electron chi connectivity index (χ3n) is 26.2. The van der Waals surface area contributed by atoms with Crippen LogP contribution in [0.25, 0.3) is 19.4 Å². The highest BCUT2D eigenvalue weighted by atomic mass is 32.1. The first-order valence-corrected chi connectivity index (χ1v) is 45.0. The minimum absolute atomic E-state index is 0.0639. The fourth-order valence-corrected chi connectivity index (χ4v) is 21.8. The Hall–Kier alpha value is -13.4. The highest BCUT2D eigenvalue weighted by molar-refractivity contribution is 7.81. The van der Waals surface area contributed by atoms with Crippen molar-refractivity contribution in [1.82, 2.24) is 31.2 Å². The molecule has 6 unspecified atom stereocenters. The van der Waals surface area contributed by atoms with E-state index in [0.717, 1.165) is 62.5 Å². The number of nitrogens with one attached hydrogen (secondary N) is 4.